The van der Waals surface area contributed by atoms with E-state index >= 15 is 0 Å². The van der Waals surface area contributed by atoms with Gasteiger partial charge in [0.1, 0.15) is 0 Å². The van der Waals surface area contributed by atoms with E-state index in [2.05, 4.69) is 203 Å². The van der Waals surface area contributed by atoms with Gasteiger partial charge in [-0.1, -0.05) is 138 Å². The molecule has 0 bridgehead atoms. The molecule has 1 N–H and O–H groups in total. The molecule has 0 amide bonds. The average molecular weight is 753 g/mol. The molecular weight excluding hydrogens is 697 g/mol. The Balaban J connectivity index is 1.37. The fourth-order valence-corrected chi connectivity index (χ4v) is 8.67. The van der Waals surface area contributed by atoms with Gasteiger partial charge in [-0.05, 0) is 126 Å². The number of pyridine rings is 1. The number of aromatic nitrogens is 2. The molecule has 0 aliphatic carbocycles. The number of rotatable bonds is 4. The van der Waals surface area contributed by atoms with Crippen LogP contribution >= 0.6 is 11.3 Å². The summed E-state index contributed by atoms with van der Waals surface area (Å²) >= 11 is 1.79. The summed E-state index contributed by atoms with van der Waals surface area (Å²) in [7, 11) is 0. The first-order valence-corrected chi connectivity index (χ1v) is 21.0. The molecule has 0 aliphatic rings. The van der Waals surface area contributed by atoms with E-state index in [-0.39, 0.29) is 21.7 Å². The van der Waals surface area contributed by atoms with Gasteiger partial charge in [0.2, 0.25) is 0 Å². The van der Waals surface area contributed by atoms with E-state index < -0.39 is 0 Å². The molecule has 0 aliphatic heterocycles. The van der Waals surface area contributed by atoms with E-state index in [1.54, 1.807) is 11.3 Å². The van der Waals surface area contributed by atoms with Crippen molar-refractivity contribution in [2.24, 2.45) is 0 Å². The lowest BCUT2D eigenvalue weighted by molar-refractivity contribution is 0.590. The molecule has 5 aromatic carbocycles. The van der Waals surface area contributed by atoms with Gasteiger partial charge in [-0.3, -0.25) is 0 Å². The summed E-state index contributed by atoms with van der Waals surface area (Å²) in [6, 6.07) is 41.6. The van der Waals surface area contributed by atoms with E-state index in [9.17, 15) is 0 Å². The van der Waals surface area contributed by atoms with Crippen molar-refractivity contribution >= 4 is 43.2 Å². The first-order valence-electron chi connectivity index (χ1n) is 20.1. The minimum absolute atomic E-state index is 0.0433. The number of fused-ring (bicyclic) bond motifs is 4. The van der Waals surface area contributed by atoms with Crippen LogP contribution in [-0.4, -0.2) is 9.97 Å². The molecular formula is C53H56N2S. The van der Waals surface area contributed by atoms with Gasteiger partial charge in [0.25, 0.3) is 0 Å². The molecule has 0 saturated heterocycles. The zero-order valence-corrected chi connectivity index (χ0v) is 36.1. The summed E-state index contributed by atoms with van der Waals surface area (Å²) < 4.78 is 1.24. The van der Waals surface area contributed by atoms with Crippen LogP contribution in [0.5, 0.6) is 0 Å². The molecule has 0 radical (unpaired) electrons. The summed E-state index contributed by atoms with van der Waals surface area (Å²) in [5.41, 5.74) is 16.9. The number of nitrogens with zero attached hydrogens (tertiary/aromatic N) is 1. The van der Waals surface area contributed by atoms with Crippen LogP contribution in [0.2, 0.25) is 0 Å². The number of thiophene rings is 1. The van der Waals surface area contributed by atoms with Crippen LogP contribution in [0.1, 0.15) is 105 Å². The number of hydrogen-bond acceptors (Lipinski definition) is 2. The van der Waals surface area contributed by atoms with Crippen molar-refractivity contribution in [2.75, 3.05) is 0 Å². The zero-order chi connectivity index (χ0) is 39.9. The molecule has 0 unspecified atom stereocenters. The van der Waals surface area contributed by atoms with Crippen LogP contribution in [0, 0.1) is 0 Å². The van der Waals surface area contributed by atoms with Crippen molar-refractivity contribution < 1.29 is 0 Å². The molecule has 0 atom stereocenters. The predicted molar refractivity (Wildman–Crippen MR) is 246 cm³/mol. The number of nitrogens with one attached hydrogen (secondary N) is 1. The Morgan fingerprint density at radius 2 is 0.929 bits per heavy atom. The Labute approximate surface area is 338 Å². The lowest BCUT2D eigenvalue weighted by Crippen LogP contribution is -2.11. The quantitative estimate of drug-likeness (QED) is 0.191. The molecule has 284 valence electrons. The first kappa shape index (κ1) is 37.9. The number of hydrogen-bond donors (Lipinski definition) is 1. The van der Waals surface area contributed by atoms with Crippen molar-refractivity contribution in [2.45, 2.75) is 105 Å². The number of H-pyrrole nitrogens is 1. The molecule has 8 rings (SSSR count). The molecule has 0 fully saturated rings. The van der Waals surface area contributed by atoms with Crippen LogP contribution < -0.4 is 0 Å². The van der Waals surface area contributed by atoms with E-state index in [1.807, 2.05) is 0 Å². The highest BCUT2D eigenvalue weighted by Gasteiger charge is 2.23. The molecule has 0 spiro atoms. The molecule has 56 heavy (non-hydrogen) atoms. The second kappa shape index (κ2) is 13.3. The van der Waals surface area contributed by atoms with Crippen LogP contribution in [0.3, 0.4) is 0 Å². The molecule has 3 heteroatoms. The average Bonchev–Trinajstić information content (AvgIpc) is 3.77. The van der Waals surface area contributed by atoms with Gasteiger partial charge in [0.15, 0.2) is 0 Å². The lowest BCUT2D eigenvalue weighted by atomic mass is 9.83. The zero-order valence-electron chi connectivity index (χ0n) is 35.3. The Bertz CT molecular complexity index is 2670. The van der Waals surface area contributed by atoms with E-state index in [0.717, 1.165) is 33.5 Å². The largest absolute Gasteiger partial charge is 0.354 e. The summed E-state index contributed by atoms with van der Waals surface area (Å²) in [5, 5.41) is 5.91. The molecule has 0 saturated carbocycles. The van der Waals surface area contributed by atoms with Crippen molar-refractivity contribution in [3.8, 4) is 44.8 Å². The van der Waals surface area contributed by atoms with Gasteiger partial charge in [-0.2, -0.15) is 0 Å². The normalized spacial score (nSPS) is 13.0. The van der Waals surface area contributed by atoms with Gasteiger partial charge < -0.3 is 4.98 Å². The van der Waals surface area contributed by atoms with Crippen molar-refractivity contribution in [3.63, 3.8) is 0 Å². The van der Waals surface area contributed by atoms with Gasteiger partial charge >= 0.3 is 0 Å². The van der Waals surface area contributed by atoms with E-state index in [4.69, 9.17) is 4.98 Å². The highest BCUT2D eigenvalue weighted by Crippen LogP contribution is 2.43. The predicted octanol–water partition coefficient (Wildman–Crippen LogP) is 15.8. The highest BCUT2D eigenvalue weighted by molar-refractivity contribution is 7.17. The topological polar surface area (TPSA) is 28.7 Å². The molecule has 2 nitrogen and oxygen atoms in total. The third-order valence-corrected chi connectivity index (χ3v) is 12.4. The summed E-state index contributed by atoms with van der Waals surface area (Å²) in [6.45, 7) is 27.4. The van der Waals surface area contributed by atoms with Crippen molar-refractivity contribution in [1.82, 2.24) is 9.97 Å². The van der Waals surface area contributed by atoms with Crippen LogP contribution in [-0.2, 0) is 21.7 Å². The SMILES string of the molecule is CC(C)(C)c1ccc(-c2cc(-c3ccc(C(C)(C)C)cc3)cc(-c3nc(-c4cc(C(C)(C)C)cc5c4[nH]c4ccc(C(C)(C)C)cc45)cc4sccc34)c2)cc1. The minimum atomic E-state index is -0.0433. The van der Waals surface area contributed by atoms with E-state index in [0.29, 0.717) is 0 Å². The van der Waals surface area contributed by atoms with Crippen LogP contribution in [0.25, 0.3) is 76.7 Å². The Morgan fingerprint density at radius 1 is 0.429 bits per heavy atom. The Morgan fingerprint density at radius 3 is 1.46 bits per heavy atom. The summed E-state index contributed by atoms with van der Waals surface area (Å²) in [5.74, 6) is 0. The second-order valence-electron chi connectivity index (χ2n) is 20.0. The number of aromatic amines is 1. The van der Waals surface area contributed by atoms with Gasteiger partial charge in [-0.25, -0.2) is 4.98 Å². The third-order valence-electron chi connectivity index (χ3n) is 11.5. The highest BCUT2D eigenvalue weighted by atomic mass is 32.1. The Kier molecular flexibility index (Phi) is 9.01. The van der Waals surface area contributed by atoms with Crippen molar-refractivity contribution in [1.29, 1.82) is 0 Å². The molecule has 8 aromatic rings. The van der Waals surface area contributed by atoms with Crippen LogP contribution in [0.15, 0.2) is 115 Å². The maximum atomic E-state index is 5.66. The van der Waals surface area contributed by atoms with E-state index in [1.165, 1.54) is 65.4 Å². The fraction of sp³-hybridized carbons (Fsp3) is 0.302. The minimum Gasteiger partial charge on any atom is -0.354 e. The van der Waals surface area contributed by atoms with Gasteiger partial charge in [0.05, 0.1) is 16.9 Å². The second-order valence-corrected chi connectivity index (χ2v) is 20.9. The maximum Gasteiger partial charge on any atom is 0.0796 e. The smallest absolute Gasteiger partial charge is 0.0796 e. The lowest BCUT2D eigenvalue weighted by Gasteiger charge is -2.21. The van der Waals surface area contributed by atoms with Gasteiger partial charge in [0, 0.05) is 37.5 Å². The Hall–Kier alpha value is -4.99. The molecule has 3 heterocycles. The fourth-order valence-electron chi connectivity index (χ4n) is 7.85. The standard InChI is InChI=1S/C53H56N2S/c1-50(2,3)37-17-13-32(14-18-37)34-25-35(33-15-19-38(20-16-33)51(4,5)6)27-36(26-34)48-41-23-24-56-47(41)31-46(55-48)44-30-40(53(10,11)12)29-43-42-28-39(52(7,8)9)21-22-45(42)54-49(43)44/h13-31,54H,1-12H3. The monoisotopic (exact) mass is 752 g/mol. The summed E-state index contributed by atoms with van der Waals surface area (Å²) in [4.78, 5) is 9.52. The third kappa shape index (κ3) is 7.11. The summed E-state index contributed by atoms with van der Waals surface area (Å²) in [6.07, 6.45) is 0. The first-order chi connectivity index (χ1) is 26.2. The van der Waals surface area contributed by atoms with Crippen molar-refractivity contribution in [3.05, 3.63) is 137 Å². The van der Waals surface area contributed by atoms with Crippen LogP contribution in [0.4, 0.5) is 0 Å². The van der Waals surface area contributed by atoms with Gasteiger partial charge in [-0.15, -0.1) is 11.3 Å². The number of benzene rings is 5. The maximum absolute atomic E-state index is 5.66. The molecule has 3 aromatic heterocycles.